The zero-order chi connectivity index (χ0) is 35.8. The third kappa shape index (κ3) is 6.78. The quantitative estimate of drug-likeness (QED) is 0.112. The van der Waals surface area contributed by atoms with Crippen molar-refractivity contribution in [3.05, 3.63) is 193 Å². The van der Waals surface area contributed by atoms with Crippen LogP contribution in [0.5, 0.6) is 0 Å². The smallest absolute Gasteiger partial charge is 0.655 e. The molecule has 0 fully saturated rings. The molecule has 4 aromatic heterocycles. The van der Waals surface area contributed by atoms with E-state index in [2.05, 4.69) is 173 Å². The Hall–Kier alpha value is -5.79. The molecule has 0 aliphatic rings. The Labute approximate surface area is 343 Å². The monoisotopic (exact) mass is 921 g/mol. The number of para-hydroxylation sites is 1. The van der Waals surface area contributed by atoms with E-state index in [1.54, 1.807) is 22.7 Å². The SMILES string of the molecule is [Au+3].[c-]1ccccc1-c1[c-]c(-c2cccc(N(c3ccccc3)c3cc(-c4cccs4)cc4c3[n-]c3ccc(-c5cccs5)cc34)n2)cc(-c2ccccc2)c1. The number of hydrogen-bond acceptors (Lipinski definition) is 4. The summed E-state index contributed by atoms with van der Waals surface area (Å²) in [4.78, 5) is 15.5. The minimum Gasteiger partial charge on any atom is -0.655 e. The molecule has 0 bridgehead atoms. The van der Waals surface area contributed by atoms with E-state index in [0.717, 1.165) is 78.1 Å². The summed E-state index contributed by atoms with van der Waals surface area (Å²) in [6, 6.07) is 66.6. The van der Waals surface area contributed by atoms with Gasteiger partial charge in [0.1, 0.15) is 5.82 Å². The fraction of sp³-hybridized carbons (Fsp3) is 0. The predicted octanol–water partition coefficient (Wildman–Crippen LogP) is 13.9. The molecular formula is C49H30AuN3S2. The summed E-state index contributed by atoms with van der Waals surface area (Å²) in [5.74, 6) is 0.793. The number of rotatable bonds is 8. The Kier molecular flexibility index (Phi) is 9.63. The average Bonchev–Trinajstić information content (AvgIpc) is 4.05. The molecule has 0 radical (unpaired) electrons. The molecule has 0 unspecified atom stereocenters. The van der Waals surface area contributed by atoms with Crippen LogP contribution < -0.4 is 9.88 Å². The van der Waals surface area contributed by atoms with Gasteiger partial charge >= 0.3 is 22.4 Å². The fourth-order valence-corrected chi connectivity index (χ4v) is 8.58. The van der Waals surface area contributed by atoms with Crippen molar-refractivity contribution in [3.8, 4) is 54.4 Å². The van der Waals surface area contributed by atoms with Gasteiger partial charge in [-0.15, -0.1) is 51.4 Å². The molecule has 10 rings (SSSR count). The van der Waals surface area contributed by atoms with Gasteiger partial charge in [-0.05, 0) is 86.8 Å². The molecule has 6 heteroatoms. The summed E-state index contributed by atoms with van der Waals surface area (Å²) in [5.41, 5.74) is 12.2. The second kappa shape index (κ2) is 15.2. The van der Waals surface area contributed by atoms with Crippen molar-refractivity contribution in [3.63, 3.8) is 0 Å². The van der Waals surface area contributed by atoms with Crippen LogP contribution in [0.3, 0.4) is 0 Å². The summed E-state index contributed by atoms with van der Waals surface area (Å²) < 4.78 is 0. The standard InChI is InChI=1S/C49H30N3S2.Au/c1-4-13-33(14-5-1)36-27-37(34-15-6-2-7-16-34)29-38(28-36)43-19-10-22-48(50-43)52(40-17-8-3-9-18-40)45-32-39(47-21-12-26-54-47)31-42-41-30-35(46-20-11-25-53-46)23-24-44(41)51-49(42)45;/h1-15,17-28,30-32H;/q-3;+3. The van der Waals surface area contributed by atoms with Crippen molar-refractivity contribution in [2.45, 2.75) is 0 Å². The fourth-order valence-electron chi connectivity index (χ4n) is 7.14. The zero-order valence-corrected chi connectivity index (χ0v) is 33.1. The van der Waals surface area contributed by atoms with Crippen LogP contribution in [0.15, 0.2) is 181 Å². The van der Waals surface area contributed by atoms with Crippen molar-refractivity contribution in [2.24, 2.45) is 0 Å². The van der Waals surface area contributed by atoms with Gasteiger partial charge in [0, 0.05) is 26.8 Å². The second-order valence-corrected chi connectivity index (χ2v) is 15.0. The number of benzene rings is 6. The first-order valence-electron chi connectivity index (χ1n) is 17.8. The number of anilines is 3. The van der Waals surface area contributed by atoms with E-state index in [0.29, 0.717) is 0 Å². The van der Waals surface area contributed by atoms with E-state index < -0.39 is 0 Å². The Morgan fingerprint density at radius 1 is 0.527 bits per heavy atom. The molecule has 0 aliphatic carbocycles. The predicted molar refractivity (Wildman–Crippen MR) is 228 cm³/mol. The topological polar surface area (TPSA) is 30.2 Å². The second-order valence-electron chi connectivity index (χ2n) is 13.1. The van der Waals surface area contributed by atoms with E-state index in [4.69, 9.17) is 9.97 Å². The van der Waals surface area contributed by atoms with E-state index in [-0.39, 0.29) is 22.4 Å². The molecule has 0 atom stereocenters. The average molecular weight is 922 g/mol. The van der Waals surface area contributed by atoms with Gasteiger partial charge in [-0.25, -0.2) is 5.56 Å². The number of nitrogens with zero attached hydrogens (tertiary/aromatic N) is 3. The van der Waals surface area contributed by atoms with E-state index in [1.165, 1.54) is 15.3 Å². The molecule has 0 aliphatic heterocycles. The van der Waals surface area contributed by atoms with Crippen LogP contribution in [0, 0.1) is 12.1 Å². The largest absolute Gasteiger partial charge is 3.00 e. The van der Waals surface area contributed by atoms with Crippen molar-refractivity contribution < 1.29 is 22.4 Å². The Balaban J connectivity index is 0.00000397. The maximum absolute atomic E-state index is 5.43. The van der Waals surface area contributed by atoms with Crippen LogP contribution in [-0.4, -0.2) is 4.98 Å². The van der Waals surface area contributed by atoms with E-state index in [1.807, 2.05) is 24.3 Å². The van der Waals surface area contributed by atoms with Gasteiger partial charge in [0.25, 0.3) is 0 Å². The number of thiophene rings is 2. The number of pyridine rings is 1. The maximum atomic E-state index is 5.43. The van der Waals surface area contributed by atoms with Crippen molar-refractivity contribution in [1.29, 1.82) is 0 Å². The van der Waals surface area contributed by atoms with Gasteiger partial charge in [0.05, 0.1) is 0 Å². The first-order valence-corrected chi connectivity index (χ1v) is 19.6. The number of hydrogen-bond donors (Lipinski definition) is 0. The number of aromatic nitrogens is 2. The van der Waals surface area contributed by atoms with Gasteiger partial charge in [-0.1, -0.05) is 90.5 Å². The van der Waals surface area contributed by atoms with Gasteiger partial charge in [0.2, 0.25) is 0 Å². The van der Waals surface area contributed by atoms with Crippen LogP contribution in [0.1, 0.15) is 0 Å². The summed E-state index contributed by atoms with van der Waals surface area (Å²) in [6.45, 7) is 0. The molecule has 0 spiro atoms. The zero-order valence-electron chi connectivity index (χ0n) is 29.3. The molecule has 0 amide bonds. The van der Waals surface area contributed by atoms with Gasteiger partial charge in [-0.2, -0.15) is 42.0 Å². The third-order valence-electron chi connectivity index (χ3n) is 9.69. The molecule has 0 saturated heterocycles. The van der Waals surface area contributed by atoms with Crippen LogP contribution in [0.25, 0.3) is 76.2 Å². The van der Waals surface area contributed by atoms with Gasteiger partial charge < -0.3 is 4.98 Å². The van der Waals surface area contributed by atoms with Crippen molar-refractivity contribution in [1.82, 2.24) is 9.97 Å². The van der Waals surface area contributed by atoms with Crippen LogP contribution in [0.2, 0.25) is 0 Å². The van der Waals surface area contributed by atoms with Crippen molar-refractivity contribution >= 4 is 61.7 Å². The third-order valence-corrected chi connectivity index (χ3v) is 11.5. The van der Waals surface area contributed by atoms with Crippen molar-refractivity contribution in [2.75, 3.05) is 4.90 Å². The normalized spacial score (nSPS) is 11.1. The minimum absolute atomic E-state index is 0. The molecule has 10 aromatic rings. The van der Waals surface area contributed by atoms with Crippen LogP contribution >= 0.6 is 22.7 Å². The summed E-state index contributed by atoms with van der Waals surface area (Å²) in [6.07, 6.45) is 0. The summed E-state index contributed by atoms with van der Waals surface area (Å²) >= 11 is 3.50. The first kappa shape index (κ1) is 34.9. The van der Waals surface area contributed by atoms with Crippen LogP contribution in [0.4, 0.5) is 17.2 Å². The Bertz CT molecular complexity index is 2810. The first-order chi connectivity index (χ1) is 26.7. The molecule has 0 N–H and O–H groups in total. The molecule has 264 valence electrons. The molecule has 6 aromatic carbocycles. The number of fused-ring (bicyclic) bond motifs is 3. The maximum Gasteiger partial charge on any atom is 3.00 e. The summed E-state index contributed by atoms with van der Waals surface area (Å²) in [7, 11) is 0. The van der Waals surface area contributed by atoms with Gasteiger partial charge in [-0.3, -0.25) is 9.88 Å². The molecule has 4 heterocycles. The molecule has 55 heavy (non-hydrogen) atoms. The summed E-state index contributed by atoms with van der Waals surface area (Å²) in [5, 5.41) is 6.53. The van der Waals surface area contributed by atoms with E-state index in [9.17, 15) is 0 Å². The van der Waals surface area contributed by atoms with E-state index >= 15 is 0 Å². The Morgan fingerprint density at radius 2 is 1.25 bits per heavy atom. The Morgan fingerprint density at radius 3 is 2.00 bits per heavy atom. The van der Waals surface area contributed by atoms with Gasteiger partial charge in [0.15, 0.2) is 0 Å². The molecule has 3 nitrogen and oxygen atoms in total. The minimum atomic E-state index is 0. The molecular weight excluding hydrogens is 892 g/mol. The molecule has 0 saturated carbocycles. The van der Waals surface area contributed by atoms with Crippen LogP contribution in [-0.2, 0) is 22.4 Å².